The van der Waals surface area contributed by atoms with Gasteiger partial charge >= 0.3 is 0 Å². The Bertz CT molecular complexity index is 810. The fourth-order valence-corrected chi connectivity index (χ4v) is 5.13. The van der Waals surface area contributed by atoms with Crippen molar-refractivity contribution in [3.05, 3.63) is 29.3 Å². The van der Waals surface area contributed by atoms with Crippen molar-refractivity contribution in [2.75, 3.05) is 32.7 Å². The fraction of sp³-hybridized carbons (Fsp3) is 0.579. The average Bonchev–Trinajstić information content (AvgIpc) is 3.35. The highest BCUT2D eigenvalue weighted by Gasteiger charge is 2.28. The van der Waals surface area contributed by atoms with Crippen LogP contribution in [0, 0.1) is 6.92 Å². The van der Waals surface area contributed by atoms with Crippen LogP contribution in [0.5, 0.6) is 0 Å². The van der Waals surface area contributed by atoms with Crippen molar-refractivity contribution in [3.63, 3.8) is 0 Å². The third kappa shape index (κ3) is 4.50. The highest BCUT2D eigenvalue weighted by atomic mass is 32.2. The van der Waals surface area contributed by atoms with Gasteiger partial charge in [0.05, 0.1) is 4.90 Å². The normalized spacial score (nSPS) is 18.0. The molecule has 3 rings (SSSR count). The topological polar surface area (TPSA) is 86.8 Å². The minimum Gasteiger partial charge on any atom is -0.352 e. The number of nitrogens with one attached hydrogen (secondary N) is 1. The number of amides is 2. The molecule has 0 bridgehead atoms. The van der Waals surface area contributed by atoms with Crippen LogP contribution in [0.15, 0.2) is 23.1 Å². The van der Waals surface area contributed by atoms with Crippen LogP contribution >= 0.6 is 0 Å². The third-order valence-electron chi connectivity index (χ3n) is 5.24. The summed E-state index contributed by atoms with van der Waals surface area (Å²) in [4.78, 5) is 26.5. The number of hydrogen-bond acceptors (Lipinski definition) is 4. The molecule has 2 saturated heterocycles. The van der Waals surface area contributed by atoms with E-state index >= 15 is 0 Å². The van der Waals surface area contributed by atoms with E-state index in [1.54, 1.807) is 19.1 Å². The number of nitrogens with zero attached hydrogens (tertiary/aromatic N) is 2. The molecule has 1 N–H and O–H groups in total. The summed E-state index contributed by atoms with van der Waals surface area (Å²) in [7, 11) is -3.56. The lowest BCUT2D eigenvalue weighted by Gasteiger charge is -2.17. The monoisotopic (exact) mass is 393 g/mol. The lowest BCUT2D eigenvalue weighted by atomic mass is 10.1. The molecule has 0 atom stereocenters. The minimum absolute atomic E-state index is 0.0508. The van der Waals surface area contributed by atoms with Gasteiger partial charge in [0.15, 0.2) is 0 Å². The van der Waals surface area contributed by atoms with Gasteiger partial charge in [-0.2, -0.15) is 4.31 Å². The molecule has 2 heterocycles. The second-order valence-electron chi connectivity index (χ2n) is 7.18. The summed E-state index contributed by atoms with van der Waals surface area (Å²) in [6, 6.07) is 4.66. The molecule has 0 aromatic heterocycles. The predicted octanol–water partition coefficient (Wildman–Crippen LogP) is 1.52. The largest absolute Gasteiger partial charge is 0.352 e. The highest BCUT2D eigenvalue weighted by molar-refractivity contribution is 7.89. The van der Waals surface area contributed by atoms with Gasteiger partial charge < -0.3 is 10.2 Å². The zero-order valence-corrected chi connectivity index (χ0v) is 16.6. The van der Waals surface area contributed by atoms with Crippen molar-refractivity contribution >= 4 is 21.8 Å². The standard InChI is InChI=1S/C19H27N3O4S/c1-15-6-7-16(27(25,26)22-12-4-5-13-22)14-17(15)19(24)20-9-8-18(23)21-10-2-3-11-21/h6-7,14H,2-5,8-13H2,1H3,(H,20,24). The van der Waals surface area contributed by atoms with Crippen LogP contribution < -0.4 is 5.32 Å². The van der Waals surface area contributed by atoms with Gasteiger partial charge in [-0.1, -0.05) is 6.07 Å². The van der Waals surface area contributed by atoms with Gasteiger partial charge in [0.2, 0.25) is 15.9 Å². The molecular weight excluding hydrogens is 366 g/mol. The molecule has 0 radical (unpaired) electrons. The van der Waals surface area contributed by atoms with Crippen LogP contribution in [0.4, 0.5) is 0 Å². The van der Waals surface area contributed by atoms with E-state index in [2.05, 4.69) is 5.32 Å². The lowest BCUT2D eigenvalue weighted by Crippen LogP contribution is -2.33. The number of aryl methyl sites for hydroxylation is 1. The van der Waals surface area contributed by atoms with Crippen molar-refractivity contribution < 1.29 is 18.0 Å². The Kier molecular flexibility index (Phi) is 6.16. The maximum absolute atomic E-state index is 12.7. The van der Waals surface area contributed by atoms with E-state index in [4.69, 9.17) is 0 Å². The van der Waals surface area contributed by atoms with Gasteiger partial charge in [0.1, 0.15) is 0 Å². The molecular formula is C19H27N3O4S. The van der Waals surface area contributed by atoms with E-state index in [0.29, 0.717) is 24.2 Å². The van der Waals surface area contributed by atoms with E-state index in [9.17, 15) is 18.0 Å². The molecule has 8 heteroatoms. The summed E-state index contributed by atoms with van der Waals surface area (Å²) in [5.74, 6) is -0.296. The number of carbonyl (C=O) groups is 2. The Hall–Kier alpha value is -1.93. The Balaban J connectivity index is 1.64. The van der Waals surface area contributed by atoms with Crippen LogP contribution in [0.3, 0.4) is 0 Å². The van der Waals surface area contributed by atoms with Crippen LogP contribution in [0.25, 0.3) is 0 Å². The molecule has 7 nitrogen and oxygen atoms in total. The SMILES string of the molecule is Cc1ccc(S(=O)(=O)N2CCCC2)cc1C(=O)NCCC(=O)N1CCCC1. The molecule has 1 aromatic rings. The Labute approximate surface area is 160 Å². The number of benzene rings is 1. The lowest BCUT2D eigenvalue weighted by molar-refractivity contribution is -0.129. The number of hydrogen-bond donors (Lipinski definition) is 1. The van der Waals surface area contributed by atoms with E-state index < -0.39 is 10.0 Å². The third-order valence-corrected chi connectivity index (χ3v) is 7.13. The summed E-state index contributed by atoms with van der Waals surface area (Å²) in [5, 5.41) is 2.75. The number of rotatable bonds is 6. The molecule has 2 amide bonds. The number of carbonyl (C=O) groups excluding carboxylic acids is 2. The van der Waals surface area contributed by atoms with Gasteiger partial charge in [-0.15, -0.1) is 0 Å². The summed E-state index contributed by atoms with van der Waals surface area (Å²) < 4.78 is 26.9. The second kappa shape index (κ2) is 8.39. The van der Waals surface area contributed by atoms with Crippen LogP contribution in [-0.4, -0.2) is 62.2 Å². The first-order chi connectivity index (χ1) is 12.9. The number of likely N-dealkylation sites (tertiary alicyclic amines) is 1. The number of sulfonamides is 1. The van der Waals surface area contributed by atoms with E-state index in [0.717, 1.165) is 38.8 Å². The molecule has 148 valence electrons. The van der Waals surface area contributed by atoms with Crippen molar-refractivity contribution in [1.29, 1.82) is 0 Å². The molecule has 2 aliphatic heterocycles. The first kappa shape index (κ1) is 19.8. The van der Waals surface area contributed by atoms with Gasteiger partial charge in [0, 0.05) is 44.7 Å². The molecule has 0 aliphatic carbocycles. The minimum atomic E-state index is -3.56. The molecule has 0 unspecified atom stereocenters. The molecule has 2 aliphatic rings. The highest BCUT2D eigenvalue weighted by Crippen LogP contribution is 2.23. The van der Waals surface area contributed by atoms with Crippen molar-refractivity contribution in [2.45, 2.75) is 43.9 Å². The Morgan fingerprint density at radius 3 is 2.33 bits per heavy atom. The van der Waals surface area contributed by atoms with E-state index in [1.165, 1.54) is 10.4 Å². The maximum atomic E-state index is 12.7. The fourth-order valence-electron chi connectivity index (χ4n) is 3.59. The smallest absolute Gasteiger partial charge is 0.251 e. The maximum Gasteiger partial charge on any atom is 0.251 e. The van der Waals surface area contributed by atoms with Gasteiger partial charge in [0.25, 0.3) is 5.91 Å². The summed E-state index contributed by atoms with van der Waals surface area (Å²) >= 11 is 0. The predicted molar refractivity (Wildman–Crippen MR) is 102 cm³/mol. The first-order valence-electron chi connectivity index (χ1n) is 9.56. The van der Waals surface area contributed by atoms with Crippen molar-refractivity contribution in [1.82, 2.24) is 14.5 Å². The molecule has 0 spiro atoms. The van der Waals surface area contributed by atoms with Gasteiger partial charge in [-0.05, 0) is 50.3 Å². The summed E-state index contributed by atoms with van der Waals surface area (Å²) in [6.07, 6.45) is 4.06. The second-order valence-corrected chi connectivity index (χ2v) is 9.12. The zero-order valence-electron chi connectivity index (χ0n) is 15.7. The summed E-state index contributed by atoms with van der Waals surface area (Å²) in [6.45, 7) is 4.66. The van der Waals surface area contributed by atoms with E-state index in [1.807, 2.05) is 4.90 Å². The molecule has 1 aromatic carbocycles. The molecule has 27 heavy (non-hydrogen) atoms. The Morgan fingerprint density at radius 2 is 1.67 bits per heavy atom. The molecule has 2 fully saturated rings. The summed E-state index contributed by atoms with van der Waals surface area (Å²) in [5.41, 5.74) is 1.04. The van der Waals surface area contributed by atoms with Crippen LogP contribution in [0.2, 0.25) is 0 Å². The van der Waals surface area contributed by atoms with Gasteiger partial charge in [-0.3, -0.25) is 9.59 Å². The van der Waals surface area contributed by atoms with Crippen LogP contribution in [-0.2, 0) is 14.8 Å². The zero-order chi connectivity index (χ0) is 19.4. The molecule has 0 saturated carbocycles. The quantitative estimate of drug-likeness (QED) is 0.794. The van der Waals surface area contributed by atoms with Crippen LogP contribution in [0.1, 0.15) is 48.0 Å². The Morgan fingerprint density at radius 1 is 1.04 bits per heavy atom. The van der Waals surface area contributed by atoms with Crippen molar-refractivity contribution in [3.8, 4) is 0 Å². The van der Waals surface area contributed by atoms with E-state index in [-0.39, 0.29) is 29.7 Å². The van der Waals surface area contributed by atoms with Gasteiger partial charge in [-0.25, -0.2) is 8.42 Å². The van der Waals surface area contributed by atoms with Crippen molar-refractivity contribution in [2.24, 2.45) is 0 Å². The average molecular weight is 394 g/mol. The first-order valence-corrected chi connectivity index (χ1v) is 11.0.